The third kappa shape index (κ3) is 3.48. The Labute approximate surface area is 118 Å². The summed E-state index contributed by atoms with van der Waals surface area (Å²) in [5.41, 5.74) is 2.99. The monoisotopic (exact) mass is 300 g/mol. The van der Waals surface area contributed by atoms with Crippen molar-refractivity contribution in [3.63, 3.8) is 0 Å². The second kappa shape index (κ2) is 5.51. The average Bonchev–Trinajstić information content (AvgIpc) is 2.63. The Bertz CT molecular complexity index is 692. The van der Waals surface area contributed by atoms with Gasteiger partial charge in [0.05, 0.1) is 16.8 Å². The Hall–Kier alpha value is -1.07. The molecule has 6 heteroatoms. The van der Waals surface area contributed by atoms with Crippen molar-refractivity contribution in [1.82, 2.24) is 9.55 Å². The number of nitrogens with zero attached hydrogens (tertiary/aromatic N) is 2. The van der Waals surface area contributed by atoms with Crippen molar-refractivity contribution in [2.75, 3.05) is 17.9 Å². The number of fused-ring (bicyclic) bond motifs is 1. The highest BCUT2D eigenvalue weighted by molar-refractivity contribution is 7.90. The summed E-state index contributed by atoms with van der Waals surface area (Å²) in [6.07, 6.45) is 1.89. The highest BCUT2D eigenvalue weighted by Crippen LogP contribution is 2.18. The molecule has 0 unspecified atom stereocenters. The normalized spacial score (nSPS) is 12.2. The van der Waals surface area contributed by atoms with Crippen molar-refractivity contribution in [3.05, 3.63) is 29.6 Å². The van der Waals surface area contributed by atoms with Crippen LogP contribution in [0.25, 0.3) is 11.0 Å². The van der Waals surface area contributed by atoms with Gasteiger partial charge in [-0.1, -0.05) is 6.07 Å². The average molecular weight is 301 g/mol. The van der Waals surface area contributed by atoms with E-state index in [0.29, 0.717) is 18.8 Å². The van der Waals surface area contributed by atoms with Crippen molar-refractivity contribution in [2.24, 2.45) is 0 Å². The van der Waals surface area contributed by atoms with Gasteiger partial charge in [0.15, 0.2) is 0 Å². The Morgan fingerprint density at radius 3 is 2.74 bits per heavy atom. The zero-order valence-corrected chi connectivity index (χ0v) is 12.6. The molecule has 104 valence electrons. The molecule has 0 spiro atoms. The van der Waals surface area contributed by atoms with Gasteiger partial charge in [-0.3, -0.25) is 0 Å². The Morgan fingerprint density at radius 2 is 2.11 bits per heavy atom. The first-order valence-corrected chi connectivity index (χ1v) is 8.69. The summed E-state index contributed by atoms with van der Waals surface area (Å²) in [6, 6.07) is 5.99. The lowest BCUT2D eigenvalue weighted by atomic mass is 10.2. The molecular formula is C13H17ClN2O2S. The number of halogens is 1. The molecular weight excluding hydrogens is 284 g/mol. The van der Waals surface area contributed by atoms with Crippen molar-refractivity contribution < 1.29 is 8.42 Å². The van der Waals surface area contributed by atoms with Gasteiger partial charge in [0.1, 0.15) is 15.7 Å². The summed E-state index contributed by atoms with van der Waals surface area (Å²) < 4.78 is 24.6. The topological polar surface area (TPSA) is 52.0 Å². The van der Waals surface area contributed by atoms with Crippen molar-refractivity contribution in [3.8, 4) is 0 Å². The van der Waals surface area contributed by atoms with Crippen LogP contribution in [0.2, 0.25) is 0 Å². The maximum Gasteiger partial charge on any atom is 0.149 e. The molecule has 1 aromatic heterocycles. The molecule has 1 aromatic carbocycles. The van der Waals surface area contributed by atoms with Gasteiger partial charge in [-0.25, -0.2) is 13.4 Å². The maximum absolute atomic E-state index is 11.3. The predicted octanol–water partition coefficient (Wildman–Crippen LogP) is 2.17. The Morgan fingerprint density at radius 1 is 1.37 bits per heavy atom. The first-order valence-electron chi connectivity index (χ1n) is 6.10. The van der Waals surface area contributed by atoms with E-state index in [1.165, 1.54) is 6.26 Å². The molecule has 0 aliphatic heterocycles. The lowest BCUT2D eigenvalue weighted by Crippen LogP contribution is -2.13. The number of imidazole rings is 1. The van der Waals surface area contributed by atoms with Gasteiger partial charge in [0, 0.05) is 25.1 Å². The summed E-state index contributed by atoms with van der Waals surface area (Å²) in [5, 5.41) is 0. The molecule has 2 rings (SSSR count). The Balaban J connectivity index is 2.47. The minimum absolute atomic E-state index is 0.113. The lowest BCUT2D eigenvalue weighted by Gasteiger charge is -2.08. The zero-order chi connectivity index (χ0) is 14.0. The maximum atomic E-state index is 11.3. The smallest absolute Gasteiger partial charge is 0.149 e. The van der Waals surface area contributed by atoms with Crippen molar-refractivity contribution in [1.29, 1.82) is 0 Å². The molecule has 1 heterocycles. The highest BCUT2D eigenvalue weighted by atomic mass is 35.5. The van der Waals surface area contributed by atoms with Crippen LogP contribution in [0.5, 0.6) is 0 Å². The molecule has 0 bridgehead atoms. The summed E-state index contributed by atoms with van der Waals surface area (Å²) >= 11 is 5.79. The molecule has 0 radical (unpaired) electrons. The van der Waals surface area contributed by atoms with E-state index >= 15 is 0 Å². The minimum Gasteiger partial charge on any atom is -0.327 e. The number of aryl methyl sites for hydroxylation is 3. The van der Waals surface area contributed by atoms with Gasteiger partial charge in [0.25, 0.3) is 0 Å². The van der Waals surface area contributed by atoms with E-state index in [9.17, 15) is 8.42 Å². The summed E-state index contributed by atoms with van der Waals surface area (Å²) in [6.45, 7) is 2.43. The fraction of sp³-hybridized carbons (Fsp3) is 0.462. The minimum atomic E-state index is -2.99. The molecule has 0 aliphatic carbocycles. The SMILES string of the molecule is Cc1ccc2nc(CCCl)n(CCS(C)(=O)=O)c2c1. The van der Waals surface area contributed by atoms with Gasteiger partial charge in [0.2, 0.25) is 0 Å². The van der Waals surface area contributed by atoms with E-state index in [1.54, 1.807) is 0 Å². The fourth-order valence-electron chi connectivity index (χ4n) is 2.06. The number of hydrogen-bond donors (Lipinski definition) is 0. The lowest BCUT2D eigenvalue weighted by molar-refractivity contribution is 0.594. The van der Waals surface area contributed by atoms with E-state index < -0.39 is 9.84 Å². The van der Waals surface area contributed by atoms with Crippen LogP contribution < -0.4 is 0 Å². The van der Waals surface area contributed by atoms with Crippen LogP contribution >= 0.6 is 11.6 Å². The van der Waals surface area contributed by atoms with E-state index in [2.05, 4.69) is 4.98 Å². The number of benzene rings is 1. The van der Waals surface area contributed by atoms with Crippen LogP contribution in [0.15, 0.2) is 18.2 Å². The largest absolute Gasteiger partial charge is 0.327 e. The van der Waals surface area contributed by atoms with Crippen LogP contribution in [-0.4, -0.2) is 35.9 Å². The molecule has 4 nitrogen and oxygen atoms in total. The third-order valence-electron chi connectivity index (χ3n) is 2.99. The number of hydrogen-bond acceptors (Lipinski definition) is 3. The van der Waals surface area contributed by atoms with Gasteiger partial charge in [-0.05, 0) is 24.6 Å². The number of rotatable bonds is 5. The van der Waals surface area contributed by atoms with Crippen LogP contribution in [-0.2, 0) is 22.8 Å². The van der Waals surface area contributed by atoms with Gasteiger partial charge >= 0.3 is 0 Å². The van der Waals surface area contributed by atoms with E-state index in [-0.39, 0.29) is 5.75 Å². The van der Waals surface area contributed by atoms with Gasteiger partial charge in [-0.15, -0.1) is 11.6 Å². The van der Waals surface area contributed by atoms with E-state index in [0.717, 1.165) is 22.4 Å². The number of sulfone groups is 1. The quantitative estimate of drug-likeness (QED) is 0.795. The number of aromatic nitrogens is 2. The molecule has 0 atom stereocenters. The van der Waals surface area contributed by atoms with Gasteiger partial charge in [-0.2, -0.15) is 0 Å². The highest BCUT2D eigenvalue weighted by Gasteiger charge is 2.12. The second-order valence-electron chi connectivity index (χ2n) is 4.74. The molecule has 0 amide bonds. The van der Waals surface area contributed by atoms with E-state index in [1.807, 2.05) is 29.7 Å². The van der Waals surface area contributed by atoms with Crippen molar-refractivity contribution in [2.45, 2.75) is 19.9 Å². The van der Waals surface area contributed by atoms with Crippen LogP contribution in [0, 0.1) is 6.92 Å². The summed E-state index contributed by atoms with van der Waals surface area (Å²) in [4.78, 5) is 4.53. The molecule has 0 saturated carbocycles. The molecule has 0 fully saturated rings. The fourth-order valence-corrected chi connectivity index (χ4v) is 2.75. The first-order chi connectivity index (χ1) is 8.90. The van der Waals surface area contributed by atoms with E-state index in [4.69, 9.17) is 11.6 Å². The molecule has 0 N–H and O–H groups in total. The summed E-state index contributed by atoms with van der Waals surface area (Å²) in [5.74, 6) is 1.43. The molecule has 2 aromatic rings. The van der Waals surface area contributed by atoms with Crippen LogP contribution in [0.4, 0.5) is 0 Å². The molecule has 0 aliphatic rings. The standard InChI is InChI=1S/C13H17ClN2O2S/c1-10-3-4-11-12(9-10)16(7-8-19(2,17)18)13(15-11)5-6-14/h3-4,9H,5-8H2,1-2H3. The van der Waals surface area contributed by atoms with Crippen LogP contribution in [0.3, 0.4) is 0 Å². The molecule has 0 saturated heterocycles. The predicted molar refractivity (Wildman–Crippen MR) is 78.6 cm³/mol. The first kappa shape index (κ1) is 14.3. The zero-order valence-electron chi connectivity index (χ0n) is 11.1. The third-order valence-corrected chi connectivity index (χ3v) is 4.10. The Kier molecular flexibility index (Phi) is 4.16. The molecule has 19 heavy (non-hydrogen) atoms. The van der Waals surface area contributed by atoms with Crippen molar-refractivity contribution >= 4 is 32.5 Å². The summed E-state index contributed by atoms with van der Waals surface area (Å²) in [7, 11) is -2.99. The second-order valence-corrected chi connectivity index (χ2v) is 7.38. The van der Waals surface area contributed by atoms with Gasteiger partial charge < -0.3 is 4.57 Å². The van der Waals surface area contributed by atoms with Crippen LogP contribution in [0.1, 0.15) is 11.4 Å². The number of alkyl halides is 1.